The topological polar surface area (TPSA) is 97.7 Å². The molecule has 5 rings (SSSR count). The van der Waals surface area contributed by atoms with Crippen molar-refractivity contribution in [3.63, 3.8) is 0 Å². The van der Waals surface area contributed by atoms with Crippen molar-refractivity contribution in [1.29, 1.82) is 0 Å². The Labute approximate surface area is 247 Å². The molecule has 0 saturated carbocycles. The normalized spacial score (nSPS) is 13.5. The van der Waals surface area contributed by atoms with E-state index in [2.05, 4.69) is 20.6 Å². The van der Waals surface area contributed by atoms with E-state index in [-0.39, 0.29) is 17.3 Å². The van der Waals surface area contributed by atoms with Gasteiger partial charge in [-0.3, -0.25) is 14.5 Å². The molecule has 1 saturated heterocycles. The number of ether oxygens (including phenoxy) is 2. The van der Waals surface area contributed by atoms with Gasteiger partial charge in [0.1, 0.15) is 5.75 Å². The van der Waals surface area contributed by atoms with Crippen molar-refractivity contribution in [3.8, 4) is 17.2 Å². The van der Waals surface area contributed by atoms with Gasteiger partial charge in [-0.25, -0.2) is 0 Å². The lowest BCUT2D eigenvalue weighted by Crippen LogP contribution is -2.41. The molecule has 1 aliphatic heterocycles. The molecular weight excluding hydrogens is 565 g/mol. The number of rotatable bonds is 9. The number of aryl methyl sites for hydroxylation is 1. The highest BCUT2D eigenvalue weighted by molar-refractivity contribution is 6.42. The van der Waals surface area contributed by atoms with E-state index in [0.717, 1.165) is 25.2 Å². The molecule has 0 unspecified atom stereocenters. The van der Waals surface area contributed by atoms with Crippen molar-refractivity contribution in [2.45, 2.75) is 6.92 Å². The van der Waals surface area contributed by atoms with E-state index in [4.69, 9.17) is 32.7 Å². The van der Waals surface area contributed by atoms with Crippen LogP contribution in [0.3, 0.4) is 0 Å². The molecule has 9 nitrogen and oxygen atoms in total. The van der Waals surface area contributed by atoms with Crippen molar-refractivity contribution in [2.75, 3.05) is 44.7 Å². The number of carbonyl (C=O) groups is 1. The monoisotopic (exact) mass is 593 g/mol. The number of morpholine rings is 1. The highest BCUT2D eigenvalue weighted by Gasteiger charge is 2.17. The number of nitrogens with zero attached hydrogens (tertiary/aromatic N) is 3. The molecule has 2 heterocycles. The molecule has 41 heavy (non-hydrogen) atoms. The predicted octanol–water partition coefficient (Wildman–Crippen LogP) is 5.45. The minimum atomic E-state index is -0.478. The van der Waals surface area contributed by atoms with Gasteiger partial charge in [0, 0.05) is 37.4 Å². The van der Waals surface area contributed by atoms with Gasteiger partial charge >= 0.3 is 0 Å². The van der Waals surface area contributed by atoms with Crippen molar-refractivity contribution in [1.82, 2.24) is 20.0 Å². The smallest absolute Gasteiger partial charge is 0.299 e. The zero-order valence-electron chi connectivity index (χ0n) is 22.4. The summed E-state index contributed by atoms with van der Waals surface area (Å²) in [5.41, 5.74) is 2.15. The van der Waals surface area contributed by atoms with Crippen LogP contribution in [0.1, 0.15) is 15.9 Å². The fourth-order valence-electron chi connectivity index (χ4n) is 4.30. The molecule has 212 valence electrons. The summed E-state index contributed by atoms with van der Waals surface area (Å²) in [6.45, 7) is 6.37. The Morgan fingerprint density at radius 3 is 2.56 bits per heavy atom. The van der Waals surface area contributed by atoms with Crippen LogP contribution in [-0.4, -0.2) is 60.0 Å². The molecule has 2 N–H and O–H groups in total. The van der Waals surface area contributed by atoms with Gasteiger partial charge in [0.25, 0.3) is 11.5 Å². The number of hydrogen-bond donors (Lipinski definition) is 2. The molecule has 4 aromatic rings. The Balaban J connectivity index is 1.41. The molecule has 0 bridgehead atoms. The third-order valence-corrected chi connectivity index (χ3v) is 7.29. The minimum Gasteiger partial charge on any atom is -0.453 e. The number of anilines is 2. The van der Waals surface area contributed by atoms with Crippen LogP contribution in [0, 0.1) is 6.92 Å². The zero-order valence-corrected chi connectivity index (χ0v) is 23.9. The molecule has 1 aliphatic rings. The Bertz CT molecular complexity index is 1590. The van der Waals surface area contributed by atoms with Gasteiger partial charge < -0.3 is 20.1 Å². The summed E-state index contributed by atoms with van der Waals surface area (Å²) in [5, 5.41) is 11.1. The summed E-state index contributed by atoms with van der Waals surface area (Å²) in [6.07, 6.45) is 1.45. The highest BCUT2D eigenvalue weighted by atomic mass is 35.5. The van der Waals surface area contributed by atoms with Crippen LogP contribution in [0.2, 0.25) is 10.0 Å². The van der Waals surface area contributed by atoms with Crippen LogP contribution >= 0.6 is 23.2 Å². The Morgan fingerprint density at radius 1 is 1.02 bits per heavy atom. The number of carbonyl (C=O) groups excluding carboxylic acids is 1. The van der Waals surface area contributed by atoms with Crippen molar-refractivity contribution in [2.24, 2.45) is 0 Å². The van der Waals surface area contributed by atoms with E-state index in [1.165, 1.54) is 10.9 Å². The van der Waals surface area contributed by atoms with Gasteiger partial charge in [0.15, 0.2) is 11.4 Å². The van der Waals surface area contributed by atoms with Crippen molar-refractivity contribution in [3.05, 3.63) is 104 Å². The second-order valence-electron chi connectivity index (χ2n) is 9.53. The van der Waals surface area contributed by atoms with Gasteiger partial charge in [0.2, 0.25) is 0 Å². The molecule has 1 amide bonds. The first-order chi connectivity index (χ1) is 19.9. The average molecular weight is 594 g/mol. The quantitative estimate of drug-likeness (QED) is 0.266. The predicted molar refractivity (Wildman–Crippen MR) is 160 cm³/mol. The summed E-state index contributed by atoms with van der Waals surface area (Å²) in [6, 6.07) is 19.2. The van der Waals surface area contributed by atoms with Crippen molar-refractivity contribution < 1.29 is 14.3 Å². The zero-order chi connectivity index (χ0) is 28.8. The standard InChI is InChI=1S/C30H29Cl2N5O4/c1-20-5-8-24(9-6-20)41-27-19-34-37(23-7-10-25(31)26(32)18-23)30(39)28(27)35-22-4-2-3-21(17-22)29(38)33-11-12-36-13-15-40-16-14-36/h2-10,17-19,35H,11-16H2,1H3,(H,33,38). The van der Waals surface area contributed by atoms with Gasteiger partial charge in [-0.05, 0) is 55.5 Å². The van der Waals surface area contributed by atoms with Crippen LogP contribution < -0.4 is 20.9 Å². The fraction of sp³-hybridized carbons (Fsp3) is 0.233. The summed E-state index contributed by atoms with van der Waals surface area (Å²) in [4.78, 5) is 28.9. The molecule has 0 aliphatic carbocycles. The third kappa shape index (κ3) is 7.25. The summed E-state index contributed by atoms with van der Waals surface area (Å²) < 4.78 is 12.6. The van der Waals surface area contributed by atoms with Crippen LogP contribution in [0.25, 0.3) is 5.69 Å². The SMILES string of the molecule is Cc1ccc(Oc2cnn(-c3ccc(Cl)c(Cl)c3)c(=O)c2Nc2cccc(C(=O)NCCN3CCOCC3)c2)cc1. The first kappa shape index (κ1) is 28.6. The molecule has 0 spiro atoms. The van der Waals surface area contributed by atoms with Crippen LogP contribution in [-0.2, 0) is 4.74 Å². The molecule has 11 heteroatoms. The maximum Gasteiger partial charge on any atom is 0.299 e. The van der Waals surface area contributed by atoms with Gasteiger partial charge in [-0.15, -0.1) is 0 Å². The molecule has 1 aromatic heterocycles. The van der Waals surface area contributed by atoms with E-state index >= 15 is 0 Å². The maximum atomic E-state index is 13.7. The minimum absolute atomic E-state index is 0.136. The summed E-state index contributed by atoms with van der Waals surface area (Å²) in [7, 11) is 0. The Morgan fingerprint density at radius 2 is 1.80 bits per heavy atom. The van der Waals surface area contributed by atoms with E-state index in [0.29, 0.717) is 52.5 Å². The maximum absolute atomic E-state index is 13.7. The number of benzene rings is 3. The summed E-state index contributed by atoms with van der Waals surface area (Å²) >= 11 is 12.3. The van der Waals surface area contributed by atoms with E-state index < -0.39 is 5.56 Å². The molecule has 0 atom stereocenters. The average Bonchev–Trinajstić information content (AvgIpc) is 2.98. The lowest BCUT2D eigenvalue weighted by atomic mass is 10.2. The fourth-order valence-corrected chi connectivity index (χ4v) is 4.59. The Kier molecular flexibility index (Phi) is 9.21. The van der Waals surface area contributed by atoms with Gasteiger partial charge in [-0.2, -0.15) is 9.78 Å². The molecule has 1 fully saturated rings. The molecular formula is C30H29Cl2N5O4. The van der Waals surface area contributed by atoms with E-state index in [9.17, 15) is 9.59 Å². The number of halogens is 2. The molecule has 0 radical (unpaired) electrons. The summed E-state index contributed by atoms with van der Waals surface area (Å²) in [5.74, 6) is 0.553. The highest BCUT2D eigenvalue weighted by Crippen LogP contribution is 2.30. The van der Waals surface area contributed by atoms with E-state index in [1.807, 2.05) is 31.2 Å². The first-order valence-electron chi connectivity index (χ1n) is 13.1. The first-order valence-corrected chi connectivity index (χ1v) is 13.9. The van der Waals surface area contributed by atoms with E-state index in [1.54, 1.807) is 42.5 Å². The number of hydrogen-bond acceptors (Lipinski definition) is 7. The molecule has 3 aromatic carbocycles. The number of nitrogens with one attached hydrogen (secondary N) is 2. The van der Waals surface area contributed by atoms with Crippen LogP contribution in [0.4, 0.5) is 11.4 Å². The van der Waals surface area contributed by atoms with Gasteiger partial charge in [0.05, 0.1) is 35.1 Å². The largest absolute Gasteiger partial charge is 0.453 e. The number of aromatic nitrogens is 2. The lowest BCUT2D eigenvalue weighted by molar-refractivity contribution is 0.0383. The van der Waals surface area contributed by atoms with Gasteiger partial charge in [-0.1, -0.05) is 47.0 Å². The third-order valence-electron chi connectivity index (χ3n) is 6.55. The van der Waals surface area contributed by atoms with Crippen molar-refractivity contribution >= 4 is 40.5 Å². The van der Waals surface area contributed by atoms with Crippen LogP contribution in [0.5, 0.6) is 11.5 Å². The second-order valence-corrected chi connectivity index (χ2v) is 10.3. The second kappa shape index (κ2) is 13.2. The number of amides is 1. The Hall–Kier alpha value is -3.89. The lowest BCUT2D eigenvalue weighted by Gasteiger charge is -2.26. The van der Waals surface area contributed by atoms with Crippen LogP contribution in [0.15, 0.2) is 77.7 Å².